The van der Waals surface area contributed by atoms with E-state index in [4.69, 9.17) is 11.5 Å². The van der Waals surface area contributed by atoms with Gasteiger partial charge >= 0.3 is 0 Å². The number of hydrogen-bond donors (Lipinski definition) is 2. The van der Waals surface area contributed by atoms with Gasteiger partial charge in [-0.25, -0.2) is 0 Å². The number of hydrogen-bond acceptors (Lipinski definition) is 2. The molecule has 0 aromatic carbocycles. The van der Waals surface area contributed by atoms with Crippen LogP contribution in [0.3, 0.4) is 0 Å². The van der Waals surface area contributed by atoms with Crippen molar-refractivity contribution in [2.24, 2.45) is 16.9 Å². The highest BCUT2D eigenvalue weighted by Crippen LogP contribution is 2.40. The highest BCUT2D eigenvalue weighted by atomic mass is 15.0. The van der Waals surface area contributed by atoms with E-state index in [0.29, 0.717) is 0 Å². The Morgan fingerprint density at radius 3 is 1.60 bits per heavy atom. The molecule has 0 rings (SSSR count). The van der Waals surface area contributed by atoms with E-state index in [1.165, 1.54) is 12.8 Å². The van der Waals surface area contributed by atoms with Gasteiger partial charge in [-0.05, 0) is 25.7 Å². The van der Waals surface area contributed by atoms with E-state index in [2.05, 4.69) is 27.7 Å². The molecule has 0 fully saturated rings. The van der Waals surface area contributed by atoms with Crippen molar-refractivity contribution in [3.05, 3.63) is 0 Å². The molecule has 0 atom stereocenters. The fraction of sp³-hybridized carbons (Fsp3) is 1.00. The summed E-state index contributed by atoms with van der Waals surface area (Å²) in [5.74, 6) is 0. The zero-order valence-electron chi connectivity index (χ0n) is 10.4. The monoisotopic (exact) mass is 214 g/mol. The Morgan fingerprint density at radius 1 is 0.867 bits per heavy atom. The first-order valence-electron chi connectivity index (χ1n) is 6.07. The molecule has 92 valence electrons. The highest BCUT2D eigenvalue weighted by Gasteiger charge is 2.41. The molecule has 0 aliphatic heterocycles. The molecule has 0 aliphatic carbocycles. The molecule has 15 heavy (non-hydrogen) atoms. The lowest BCUT2D eigenvalue weighted by molar-refractivity contribution is 0.0893. The van der Waals surface area contributed by atoms with Crippen LogP contribution >= 0.6 is 0 Å². The van der Waals surface area contributed by atoms with Crippen LogP contribution in [-0.2, 0) is 0 Å². The average molecular weight is 214 g/mol. The maximum absolute atomic E-state index is 6.23. The van der Waals surface area contributed by atoms with Crippen molar-refractivity contribution in [2.75, 3.05) is 0 Å². The third-order valence-electron chi connectivity index (χ3n) is 3.93. The van der Waals surface area contributed by atoms with Gasteiger partial charge in [0.2, 0.25) is 0 Å². The van der Waals surface area contributed by atoms with Crippen molar-refractivity contribution in [1.82, 2.24) is 0 Å². The van der Waals surface area contributed by atoms with Crippen molar-refractivity contribution < 1.29 is 0 Å². The van der Waals surface area contributed by atoms with Crippen LogP contribution in [0.2, 0.25) is 0 Å². The number of rotatable bonds is 7. The Morgan fingerprint density at radius 2 is 1.33 bits per heavy atom. The Balaban J connectivity index is 0. The third kappa shape index (κ3) is 3.80. The van der Waals surface area contributed by atoms with Gasteiger partial charge in [-0.15, -0.1) is 0 Å². The molecule has 0 aromatic heterocycles. The second kappa shape index (κ2) is 7.29. The number of unbranched alkanes of at least 4 members (excludes halogenated alkanes) is 1. The van der Waals surface area contributed by atoms with E-state index in [1.807, 2.05) is 0 Å². The molecular formula is C12H31BN2. The van der Waals surface area contributed by atoms with E-state index >= 15 is 0 Å². The molecule has 0 heterocycles. The molecule has 0 bridgehead atoms. The summed E-state index contributed by atoms with van der Waals surface area (Å²) in [7, 11) is 0. The first kappa shape index (κ1) is 17.4. The van der Waals surface area contributed by atoms with E-state index in [9.17, 15) is 0 Å². The summed E-state index contributed by atoms with van der Waals surface area (Å²) in [5, 5.41) is 0. The largest absolute Gasteiger partial charge is 0.313 e. The van der Waals surface area contributed by atoms with Gasteiger partial charge in [0.05, 0.1) is 14.1 Å². The quantitative estimate of drug-likeness (QED) is 0.501. The minimum atomic E-state index is -0.494. The van der Waals surface area contributed by atoms with E-state index in [-0.39, 0.29) is 13.8 Å². The van der Waals surface area contributed by atoms with Gasteiger partial charge in [-0.2, -0.15) is 0 Å². The Labute approximate surface area is 97.8 Å². The summed E-state index contributed by atoms with van der Waals surface area (Å²) >= 11 is 0. The lowest BCUT2D eigenvalue weighted by Crippen LogP contribution is -2.61. The fourth-order valence-corrected chi connectivity index (χ4v) is 2.38. The van der Waals surface area contributed by atoms with Crippen molar-refractivity contribution in [2.45, 2.75) is 71.9 Å². The van der Waals surface area contributed by atoms with Crippen LogP contribution < -0.4 is 11.5 Å². The van der Waals surface area contributed by atoms with Crippen LogP contribution in [-0.4, -0.2) is 14.1 Å². The molecule has 0 radical (unpaired) electrons. The maximum atomic E-state index is 6.23. The molecule has 0 saturated heterocycles. The Hall–Kier alpha value is -0.0151. The summed E-state index contributed by atoms with van der Waals surface area (Å²) in [6.07, 6.45) is 6.66. The lowest BCUT2D eigenvalue weighted by Gasteiger charge is -2.45. The van der Waals surface area contributed by atoms with E-state index < -0.39 is 5.66 Å². The van der Waals surface area contributed by atoms with Crippen molar-refractivity contribution in [1.29, 1.82) is 0 Å². The molecule has 0 aromatic rings. The second-order valence-electron chi connectivity index (χ2n) is 4.48. The highest BCUT2D eigenvalue weighted by molar-refractivity contribution is 5.75. The molecule has 2 nitrogen and oxygen atoms in total. The SMILES string of the molecule is B.CCCCC(CC)(CC)C(N)(N)CC. The van der Waals surface area contributed by atoms with Crippen LogP contribution in [0.25, 0.3) is 0 Å². The molecule has 0 unspecified atom stereocenters. The minimum Gasteiger partial charge on any atom is -0.313 e. The normalized spacial score (nSPS) is 12.4. The Bertz CT molecular complexity index is 154. The van der Waals surface area contributed by atoms with Crippen LogP contribution in [0.1, 0.15) is 66.2 Å². The lowest BCUT2D eigenvalue weighted by atomic mass is 9.67. The summed E-state index contributed by atoms with van der Waals surface area (Å²) in [6.45, 7) is 8.73. The van der Waals surface area contributed by atoms with Crippen LogP contribution in [0, 0.1) is 5.41 Å². The van der Waals surface area contributed by atoms with Gasteiger partial charge in [0.25, 0.3) is 0 Å². The summed E-state index contributed by atoms with van der Waals surface area (Å²) in [4.78, 5) is 0. The Kier molecular flexibility index (Phi) is 8.45. The van der Waals surface area contributed by atoms with Crippen LogP contribution in [0.4, 0.5) is 0 Å². The van der Waals surface area contributed by atoms with Gasteiger partial charge in [0.15, 0.2) is 0 Å². The minimum absolute atomic E-state index is 0. The third-order valence-corrected chi connectivity index (χ3v) is 3.93. The fourth-order valence-electron chi connectivity index (χ4n) is 2.38. The average Bonchev–Trinajstić information content (AvgIpc) is 2.20. The van der Waals surface area contributed by atoms with E-state index in [0.717, 1.165) is 25.7 Å². The molecule has 0 amide bonds. The van der Waals surface area contributed by atoms with Gasteiger partial charge < -0.3 is 11.5 Å². The van der Waals surface area contributed by atoms with Gasteiger partial charge in [-0.1, -0.05) is 40.5 Å². The van der Waals surface area contributed by atoms with Gasteiger partial charge in [0, 0.05) is 5.41 Å². The number of nitrogens with two attached hydrogens (primary N) is 2. The standard InChI is InChI=1S/C12H28N2.BH3/c1-5-9-10-11(6-2,7-3)12(13,14)8-4;/h5-10,13-14H2,1-4H3;1H3. The summed E-state index contributed by atoms with van der Waals surface area (Å²) in [6, 6.07) is 0. The van der Waals surface area contributed by atoms with Crippen LogP contribution in [0.5, 0.6) is 0 Å². The summed E-state index contributed by atoms with van der Waals surface area (Å²) in [5.41, 5.74) is 12.1. The second-order valence-corrected chi connectivity index (χ2v) is 4.48. The topological polar surface area (TPSA) is 52.0 Å². The zero-order chi connectivity index (χ0) is 11.2. The smallest absolute Gasteiger partial charge is 0.0814 e. The molecule has 4 N–H and O–H groups in total. The molecule has 3 heteroatoms. The van der Waals surface area contributed by atoms with Gasteiger partial charge in [0.1, 0.15) is 0 Å². The predicted molar refractivity (Wildman–Crippen MR) is 73.9 cm³/mol. The first-order valence-corrected chi connectivity index (χ1v) is 6.07. The van der Waals surface area contributed by atoms with Crippen molar-refractivity contribution in [3.8, 4) is 0 Å². The molecule has 0 aliphatic rings. The van der Waals surface area contributed by atoms with Crippen molar-refractivity contribution in [3.63, 3.8) is 0 Å². The van der Waals surface area contributed by atoms with Crippen LogP contribution in [0.15, 0.2) is 0 Å². The molecule has 0 saturated carbocycles. The van der Waals surface area contributed by atoms with Gasteiger partial charge in [-0.3, -0.25) is 0 Å². The van der Waals surface area contributed by atoms with Crippen molar-refractivity contribution >= 4 is 8.41 Å². The van der Waals surface area contributed by atoms with E-state index in [1.54, 1.807) is 0 Å². The maximum Gasteiger partial charge on any atom is 0.0814 e. The molecular weight excluding hydrogens is 183 g/mol. The predicted octanol–water partition coefficient (Wildman–Crippen LogP) is 1.82. The first-order chi connectivity index (χ1) is 6.49. The zero-order valence-corrected chi connectivity index (χ0v) is 10.4. The molecule has 0 spiro atoms. The summed E-state index contributed by atoms with van der Waals surface area (Å²) < 4.78 is 0.